The average Bonchev–Trinajstić information content (AvgIpc) is 3.21. The van der Waals surface area contributed by atoms with Crippen molar-refractivity contribution in [1.82, 2.24) is 14.3 Å². The number of piperidine rings is 1. The number of likely N-dealkylation sites (tertiary alicyclic amines) is 1. The number of carbonyl (C=O) groups is 1. The molecule has 0 atom stereocenters. The second-order valence-corrected chi connectivity index (χ2v) is 9.78. The van der Waals surface area contributed by atoms with Crippen LogP contribution in [-0.2, 0) is 17.6 Å². The predicted molar refractivity (Wildman–Crippen MR) is 138 cm³/mol. The first-order valence-electron chi connectivity index (χ1n) is 12.4. The molecule has 0 N–H and O–H groups in total. The summed E-state index contributed by atoms with van der Waals surface area (Å²) in [6, 6.07) is 21.3. The highest BCUT2D eigenvalue weighted by molar-refractivity contribution is 5.82. The quantitative estimate of drug-likeness (QED) is 0.376. The Morgan fingerprint density at radius 3 is 2.41 bits per heavy atom. The van der Waals surface area contributed by atoms with Gasteiger partial charge in [0.1, 0.15) is 5.65 Å². The molecule has 4 nitrogen and oxygen atoms in total. The molecule has 0 radical (unpaired) electrons. The van der Waals surface area contributed by atoms with E-state index < -0.39 is 0 Å². The summed E-state index contributed by atoms with van der Waals surface area (Å²) < 4.78 is 2.11. The van der Waals surface area contributed by atoms with E-state index in [1.807, 2.05) is 12.3 Å². The molecular weight excluding hydrogens is 418 g/mol. The molecule has 4 heteroatoms. The van der Waals surface area contributed by atoms with Crippen LogP contribution in [0.25, 0.3) is 16.9 Å². The highest BCUT2D eigenvalue weighted by Crippen LogP contribution is 2.29. The number of hydrogen-bond donors (Lipinski definition) is 0. The Labute approximate surface area is 202 Å². The van der Waals surface area contributed by atoms with Crippen molar-refractivity contribution in [3.8, 4) is 11.3 Å². The third-order valence-electron chi connectivity index (χ3n) is 7.38. The van der Waals surface area contributed by atoms with Crippen LogP contribution in [-0.4, -0.2) is 33.3 Å². The third-order valence-corrected chi connectivity index (χ3v) is 7.38. The van der Waals surface area contributed by atoms with Gasteiger partial charge in [-0.2, -0.15) is 0 Å². The second-order valence-electron chi connectivity index (χ2n) is 9.78. The zero-order valence-corrected chi connectivity index (χ0v) is 20.4. The van der Waals surface area contributed by atoms with Gasteiger partial charge in [-0.25, -0.2) is 4.98 Å². The Bertz CT molecular complexity index is 1310. The van der Waals surface area contributed by atoms with Gasteiger partial charge in [0, 0.05) is 24.8 Å². The van der Waals surface area contributed by atoms with Crippen LogP contribution >= 0.6 is 0 Å². The second kappa shape index (κ2) is 9.46. The smallest absolute Gasteiger partial charge is 0.228 e. The zero-order chi connectivity index (χ0) is 23.7. The van der Waals surface area contributed by atoms with Gasteiger partial charge < -0.3 is 9.30 Å². The van der Waals surface area contributed by atoms with E-state index in [1.165, 1.54) is 16.7 Å². The highest BCUT2D eigenvalue weighted by Gasteiger charge is 2.25. The van der Waals surface area contributed by atoms with Crippen LogP contribution in [0.3, 0.4) is 0 Å². The number of amides is 1. The molecule has 0 aliphatic carbocycles. The summed E-state index contributed by atoms with van der Waals surface area (Å²) in [6.45, 7) is 8.01. The Balaban J connectivity index is 1.36. The summed E-state index contributed by atoms with van der Waals surface area (Å²) in [5.41, 5.74) is 8.93. The molecule has 1 aliphatic rings. The van der Waals surface area contributed by atoms with Crippen molar-refractivity contribution >= 4 is 11.6 Å². The summed E-state index contributed by atoms with van der Waals surface area (Å²) in [4.78, 5) is 20.5. The van der Waals surface area contributed by atoms with Crippen LogP contribution in [0.4, 0.5) is 0 Å². The minimum Gasteiger partial charge on any atom is -0.342 e. The molecule has 0 saturated carbocycles. The monoisotopic (exact) mass is 451 g/mol. The lowest BCUT2D eigenvalue weighted by Crippen LogP contribution is -2.39. The minimum absolute atomic E-state index is 0.201. The fourth-order valence-electron chi connectivity index (χ4n) is 5.13. The lowest BCUT2D eigenvalue weighted by Gasteiger charge is -2.32. The van der Waals surface area contributed by atoms with E-state index in [1.54, 1.807) is 0 Å². The number of carbonyl (C=O) groups excluding carboxylic acids is 1. The van der Waals surface area contributed by atoms with E-state index in [-0.39, 0.29) is 5.91 Å². The van der Waals surface area contributed by atoms with Crippen LogP contribution < -0.4 is 0 Å². The van der Waals surface area contributed by atoms with Gasteiger partial charge in [-0.05, 0) is 80.3 Å². The van der Waals surface area contributed by atoms with Gasteiger partial charge in [0.2, 0.25) is 5.91 Å². The summed E-state index contributed by atoms with van der Waals surface area (Å²) in [7, 11) is 0. The Hall–Kier alpha value is -3.40. The Morgan fingerprint density at radius 2 is 1.68 bits per heavy atom. The maximum Gasteiger partial charge on any atom is 0.228 e. The summed E-state index contributed by atoms with van der Waals surface area (Å²) in [5, 5.41) is 0. The molecule has 2 aromatic heterocycles. The molecule has 0 spiro atoms. The number of hydrogen-bond acceptors (Lipinski definition) is 2. The lowest BCUT2D eigenvalue weighted by molar-refractivity contribution is -0.131. The van der Waals surface area contributed by atoms with Crippen molar-refractivity contribution in [1.29, 1.82) is 0 Å². The van der Waals surface area contributed by atoms with Crippen LogP contribution in [0.15, 0.2) is 66.9 Å². The number of nitrogens with zero attached hydrogens (tertiary/aromatic N) is 3. The number of fused-ring (bicyclic) bond motifs is 1. The normalized spacial score (nSPS) is 14.6. The van der Waals surface area contributed by atoms with E-state index in [2.05, 4.69) is 84.7 Å². The maximum absolute atomic E-state index is 13.4. The molecule has 1 aliphatic heterocycles. The van der Waals surface area contributed by atoms with Crippen molar-refractivity contribution in [2.75, 3.05) is 13.1 Å². The van der Waals surface area contributed by atoms with Gasteiger partial charge in [0.15, 0.2) is 0 Å². The number of pyridine rings is 1. The van der Waals surface area contributed by atoms with Gasteiger partial charge in [0.05, 0.1) is 17.8 Å². The molecule has 34 heavy (non-hydrogen) atoms. The van der Waals surface area contributed by atoms with E-state index in [4.69, 9.17) is 4.98 Å². The number of benzene rings is 2. The van der Waals surface area contributed by atoms with Crippen LogP contribution in [0.1, 0.15) is 40.8 Å². The van der Waals surface area contributed by atoms with Gasteiger partial charge >= 0.3 is 0 Å². The summed E-state index contributed by atoms with van der Waals surface area (Å²) in [6.07, 6.45) is 5.64. The van der Waals surface area contributed by atoms with Crippen molar-refractivity contribution in [3.05, 3.63) is 94.8 Å². The fraction of sp³-hybridized carbons (Fsp3) is 0.333. The van der Waals surface area contributed by atoms with Gasteiger partial charge in [-0.1, -0.05) is 48.5 Å². The molecule has 174 valence electrons. The zero-order valence-electron chi connectivity index (χ0n) is 20.4. The first-order chi connectivity index (χ1) is 16.5. The summed E-state index contributed by atoms with van der Waals surface area (Å²) >= 11 is 0. The SMILES string of the molecule is Cc1ccc(-c2nc3c(C)cccn3c2CC(=O)N2CCC(Cc3ccccc3)CC2)cc1C. The first kappa shape index (κ1) is 22.4. The largest absolute Gasteiger partial charge is 0.342 e. The van der Waals surface area contributed by atoms with E-state index in [9.17, 15) is 4.79 Å². The van der Waals surface area contributed by atoms with Gasteiger partial charge in [0.25, 0.3) is 0 Å². The molecule has 1 fully saturated rings. The van der Waals surface area contributed by atoms with Gasteiger partial charge in [-0.3, -0.25) is 4.79 Å². The standard InChI is InChI=1S/C30H33N3O/c1-21-11-12-26(18-23(21)3)29-27(33-15-7-8-22(2)30(33)31-29)20-28(34)32-16-13-25(14-17-32)19-24-9-5-4-6-10-24/h4-12,15,18,25H,13-14,16-17,19-20H2,1-3H3. The average molecular weight is 452 g/mol. The Kier molecular flexibility index (Phi) is 6.23. The van der Waals surface area contributed by atoms with Crippen LogP contribution in [0.5, 0.6) is 0 Å². The van der Waals surface area contributed by atoms with Crippen LogP contribution in [0, 0.1) is 26.7 Å². The minimum atomic E-state index is 0.201. The molecule has 0 bridgehead atoms. The molecule has 2 aromatic carbocycles. The summed E-state index contributed by atoms with van der Waals surface area (Å²) in [5.74, 6) is 0.850. The molecule has 4 aromatic rings. The van der Waals surface area contributed by atoms with Crippen molar-refractivity contribution < 1.29 is 4.79 Å². The molecule has 0 unspecified atom stereocenters. The number of aryl methyl sites for hydroxylation is 3. The maximum atomic E-state index is 13.4. The fourth-order valence-corrected chi connectivity index (χ4v) is 5.13. The number of imidazole rings is 1. The Morgan fingerprint density at radius 1 is 0.912 bits per heavy atom. The lowest BCUT2D eigenvalue weighted by atomic mass is 9.90. The number of aromatic nitrogens is 2. The molecular formula is C30H33N3O. The molecule has 1 amide bonds. The van der Waals surface area contributed by atoms with E-state index >= 15 is 0 Å². The topological polar surface area (TPSA) is 37.6 Å². The van der Waals surface area contributed by atoms with E-state index in [0.29, 0.717) is 12.3 Å². The molecule has 3 heterocycles. The van der Waals surface area contributed by atoms with Crippen LogP contribution in [0.2, 0.25) is 0 Å². The molecule has 1 saturated heterocycles. The highest BCUT2D eigenvalue weighted by atomic mass is 16.2. The third kappa shape index (κ3) is 4.50. The van der Waals surface area contributed by atoms with Gasteiger partial charge in [-0.15, -0.1) is 0 Å². The first-order valence-corrected chi connectivity index (χ1v) is 12.4. The molecule has 5 rings (SSSR count). The van der Waals surface area contributed by atoms with Crippen molar-refractivity contribution in [2.24, 2.45) is 5.92 Å². The predicted octanol–water partition coefficient (Wildman–Crippen LogP) is 5.95. The van der Waals surface area contributed by atoms with Crippen molar-refractivity contribution in [2.45, 2.75) is 46.5 Å². The van der Waals surface area contributed by atoms with Crippen molar-refractivity contribution in [3.63, 3.8) is 0 Å². The number of rotatable bonds is 5. The van der Waals surface area contributed by atoms with E-state index in [0.717, 1.165) is 60.5 Å².